The molecule has 0 bridgehead atoms. The first kappa shape index (κ1) is 23.0. The molecule has 9 nitrogen and oxygen atoms in total. The van der Waals surface area contributed by atoms with E-state index in [1.54, 1.807) is 32.9 Å². The van der Waals surface area contributed by atoms with Crippen molar-refractivity contribution >= 4 is 45.1 Å². The third kappa shape index (κ3) is 4.80. The number of carbonyl (C=O) groups is 3. The second-order valence-corrected chi connectivity index (χ2v) is 7.82. The molecule has 0 aliphatic heterocycles. The maximum Gasteiger partial charge on any atom is 0.341 e. The van der Waals surface area contributed by atoms with E-state index in [0.29, 0.717) is 21.8 Å². The van der Waals surface area contributed by atoms with Crippen molar-refractivity contribution in [2.45, 2.75) is 20.8 Å². The Morgan fingerprint density at radius 3 is 2.59 bits per heavy atom. The van der Waals surface area contributed by atoms with Gasteiger partial charge in [0.15, 0.2) is 6.61 Å². The lowest BCUT2D eigenvalue weighted by Gasteiger charge is -2.09. The molecule has 168 valence electrons. The van der Waals surface area contributed by atoms with Crippen molar-refractivity contribution in [3.8, 4) is 5.75 Å². The van der Waals surface area contributed by atoms with Crippen molar-refractivity contribution in [2.24, 2.45) is 0 Å². The van der Waals surface area contributed by atoms with Crippen molar-refractivity contribution in [1.82, 2.24) is 5.32 Å². The maximum absolute atomic E-state index is 12.5. The Kier molecular flexibility index (Phi) is 6.94. The summed E-state index contributed by atoms with van der Waals surface area (Å²) in [5.74, 6) is -1.21. The number of anilines is 1. The van der Waals surface area contributed by atoms with Crippen LogP contribution in [0.2, 0.25) is 0 Å². The molecule has 32 heavy (non-hydrogen) atoms. The van der Waals surface area contributed by atoms with Gasteiger partial charge in [-0.15, -0.1) is 11.3 Å². The summed E-state index contributed by atoms with van der Waals surface area (Å²) in [6.45, 7) is 4.86. The van der Waals surface area contributed by atoms with E-state index in [1.165, 1.54) is 19.2 Å². The fourth-order valence-corrected chi connectivity index (χ4v) is 4.24. The predicted molar refractivity (Wildman–Crippen MR) is 120 cm³/mol. The zero-order valence-electron chi connectivity index (χ0n) is 18.0. The number of fused-ring (bicyclic) bond motifs is 1. The van der Waals surface area contributed by atoms with Crippen molar-refractivity contribution in [3.05, 3.63) is 56.3 Å². The van der Waals surface area contributed by atoms with Crippen LogP contribution in [-0.2, 0) is 9.53 Å². The summed E-state index contributed by atoms with van der Waals surface area (Å²) in [6, 6.07) is 6.32. The summed E-state index contributed by atoms with van der Waals surface area (Å²) in [7, 11) is 1.48. The lowest BCUT2D eigenvalue weighted by Crippen LogP contribution is -2.21. The number of nitrogens with one attached hydrogen (secondary N) is 2. The van der Waals surface area contributed by atoms with Crippen LogP contribution in [0.4, 0.5) is 5.00 Å². The Hall–Kier alpha value is -3.66. The van der Waals surface area contributed by atoms with Crippen LogP contribution in [0, 0.1) is 13.8 Å². The SMILES string of the molecule is CCOC(=O)c1c(NC(=O)COc2ccc3c(C)cc(=O)oc3c2)sc(C(=O)NC)c1C. The number of hydrogen-bond donors (Lipinski definition) is 2. The second kappa shape index (κ2) is 9.65. The van der Waals surface area contributed by atoms with Gasteiger partial charge in [-0.3, -0.25) is 9.59 Å². The molecule has 0 saturated carbocycles. The van der Waals surface area contributed by atoms with Gasteiger partial charge in [-0.1, -0.05) is 0 Å². The topological polar surface area (TPSA) is 124 Å². The molecule has 2 heterocycles. The minimum absolute atomic E-state index is 0.131. The van der Waals surface area contributed by atoms with E-state index in [-0.39, 0.29) is 29.7 Å². The molecule has 2 amide bonds. The van der Waals surface area contributed by atoms with Gasteiger partial charge in [0.1, 0.15) is 16.3 Å². The average Bonchev–Trinajstić information content (AvgIpc) is 3.07. The molecule has 0 fully saturated rings. The van der Waals surface area contributed by atoms with E-state index < -0.39 is 17.5 Å². The first-order valence-electron chi connectivity index (χ1n) is 9.74. The minimum atomic E-state index is -0.632. The lowest BCUT2D eigenvalue weighted by atomic mass is 10.1. The Labute approximate surface area is 187 Å². The largest absolute Gasteiger partial charge is 0.484 e. The van der Waals surface area contributed by atoms with Gasteiger partial charge in [0.05, 0.1) is 17.0 Å². The number of esters is 1. The summed E-state index contributed by atoms with van der Waals surface area (Å²) in [5, 5.41) is 6.09. The van der Waals surface area contributed by atoms with E-state index in [4.69, 9.17) is 13.9 Å². The number of benzene rings is 1. The first-order chi connectivity index (χ1) is 15.2. The third-order valence-corrected chi connectivity index (χ3v) is 5.81. The molecule has 0 unspecified atom stereocenters. The number of amides is 2. The Balaban J connectivity index is 1.78. The zero-order valence-corrected chi connectivity index (χ0v) is 18.8. The molecule has 3 aromatic rings. The van der Waals surface area contributed by atoms with E-state index >= 15 is 0 Å². The summed E-state index contributed by atoms with van der Waals surface area (Å²) < 4.78 is 15.8. The highest BCUT2D eigenvalue weighted by Gasteiger charge is 2.26. The Bertz CT molecular complexity index is 1260. The number of carbonyl (C=O) groups excluding carboxylic acids is 3. The zero-order chi connectivity index (χ0) is 23.4. The average molecular weight is 458 g/mol. The number of hydrogen-bond acceptors (Lipinski definition) is 8. The van der Waals surface area contributed by atoms with E-state index in [2.05, 4.69) is 10.6 Å². The fraction of sp³-hybridized carbons (Fsp3) is 0.273. The minimum Gasteiger partial charge on any atom is -0.484 e. The van der Waals surface area contributed by atoms with Crippen LogP contribution in [0.25, 0.3) is 11.0 Å². The van der Waals surface area contributed by atoms with Gasteiger partial charge >= 0.3 is 11.6 Å². The monoisotopic (exact) mass is 458 g/mol. The van der Waals surface area contributed by atoms with Gasteiger partial charge < -0.3 is 24.5 Å². The van der Waals surface area contributed by atoms with Crippen LogP contribution in [0.5, 0.6) is 5.75 Å². The quantitative estimate of drug-likeness (QED) is 0.412. The number of ether oxygens (including phenoxy) is 2. The van der Waals surface area contributed by atoms with Crippen molar-refractivity contribution < 1.29 is 28.3 Å². The van der Waals surface area contributed by atoms with Crippen LogP contribution in [0.3, 0.4) is 0 Å². The van der Waals surface area contributed by atoms with Gasteiger partial charge in [0, 0.05) is 24.6 Å². The summed E-state index contributed by atoms with van der Waals surface area (Å²) in [4.78, 5) is 48.9. The highest BCUT2D eigenvalue weighted by Crippen LogP contribution is 2.34. The number of aryl methyl sites for hydroxylation is 1. The summed E-state index contributed by atoms with van der Waals surface area (Å²) >= 11 is 0.978. The lowest BCUT2D eigenvalue weighted by molar-refractivity contribution is -0.118. The molecule has 0 saturated heterocycles. The third-order valence-electron chi connectivity index (χ3n) is 4.61. The highest BCUT2D eigenvalue weighted by molar-refractivity contribution is 7.18. The van der Waals surface area contributed by atoms with Gasteiger partial charge in [0.2, 0.25) is 0 Å². The van der Waals surface area contributed by atoms with Crippen LogP contribution in [0.15, 0.2) is 33.5 Å². The van der Waals surface area contributed by atoms with E-state index in [9.17, 15) is 19.2 Å². The molecule has 0 spiro atoms. The first-order valence-corrected chi connectivity index (χ1v) is 10.6. The van der Waals surface area contributed by atoms with Crippen molar-refractivity contribution in [3.63, 3.8) is 0 Å². The van der Waals surface area contributed by atoms with Gasteiger partial charge in [0.25, 0.3) is 11.8 Å². The second-order valence-electron chi connectivity index (χ2n) is 6.80. The highest BCUT2D eigenvalue weighted by atomic mass is 32.1. The fourth-order valence-electron chi connectivity index (χ4n) is 3.09. The molecule has 0 atom stereocenters. The maximum atomic E-state index is 12.5. The Morgan fingerprint density at radius 1 is 1.16 bits per heavy atom. The predicted octanol–water partition coefficient (Wildman–Crippen LogP) is 3.03. The van der Waals surface area contributed by atoms with Gasteiger partial charge in [-0.05, 0) is 44.0 Å². The molecule has 1 aromatic carbocycles. The van der Waals surface area contributed by atoms with Gasteiger partial charge in [-0.25, -0.2) is 9.59 Å². The molecule has 2 aromatic heterocycles. The molecule has 2 N–H and O–H groups in total. The Morgan fingerprint density at radius 2 is 1.91 bits per heavy atom. The van der Waals surface area contributed by atoms with Crippen LogP contribution < -0.4 is 21.0 Å². The molecule has 3 rings (SSSR count). The summed E-state index contributed by atoms with van der Waals surface area (Å²) in [5.41, 5.74) is 1.20. The van der Waals surface area contributed by atoms with Crippen LogP contribution >= 0.6 is 11.3 Å². The molecular formula is C22H22N2O7S. The van der Waals surface area contributed by atoms with Crippen molar-refractivity contribution in [1.29, 1.82) is 0 Å². The molecule has 10 heteroatoms. The van der Waals surface area contributed by atoms with Crippen LogP contribution in [0.1, 0.15) is 38.1 Å². The van der Waals surface area contributed by atoms with Crippen molar-refractivity contribution in [2.75, 3.05) is 25.6 Å². The normalized spacial score (nSPS) is 10.6. The summed E-state index contributed by atoms with van der Waals surface area (Å²) in [6.07, 6.45) is 0. The van der Waals surface area contributed by atoms with E-state index in [0.717, 1.165) is 22.3 Å². The number of thiophene rings is 1. The standard InChI is InChI=1S/C22H22N2O7S/c1-5-29-22(28)18-12(3)19(20(27)23-4)32-21(18)24-16(25)10-30-13-6-7-14-11(2)8-17(26)31-15(14)9-13/h6-9H,5,10H2,1-4H3,(H,23,27)(H,24,25). The molecule has 0 aliphatic rings. The number of rotatable bonds is 7. The van der Waals surface area contributed by atoms with E-state index in [1.807, 2.05) is 0 Å². The molecule has 0 aliphatic carbocycles. The van der Waals surface area contributed by atoms with Gasteiger partial charge in [-0.2, -0.15) is 0 Å². The molecule has 0 radical (unpaired) electrons. The molecular weight excluding hydrogens is 436 g/mol. The smallest absolute Gasteiger partial charge is 0.341 e. The van der Waals surface area contributed by atoms with Crippen LogP contribution in [-0.4, -0.2) is 38.0 Å².